The maximum Gasteiger partial charge on any atom is 0.344 e. The van der Waals surface area contributed by atoms with E-state index in [-0.39, 0.29) is 5.54 Å². The molecule has 0 N–H and O–H groups in total. The summed E-state index contributed by atoms with van der Waals surface area (Å²) in [6.45, 7) is 0.581. The quantitative estimate of drug-likeness (QED) is 0.334. The number of isocyanates is 1. The largest absolute Gasteiger partial charge is 0.344 e. The highest BCUT2D eigenvalue weighted by Crippen LogP contribution is 2.45. The summed E-state index contributed by atoms with van der Waals surface area (Å²) in [5.41, 5.74) is 0.281. The molecule has 0 aliphatic heterocycles. The van der Waals surface area contributed by atoms with Gasteiger partial charge >= 0.3 is 6.00 Å². The third-order valence-electron chi connectivity index (χ3n) is 2.72. The van der Waals surface area contributed by atoms with Crippen molar-refractivity contribution in [1.29, 1.82) is 0 Å². The summed E-state index contributed by atoms with van der Waals surface area (Å²) in [7, 11) is 0. The van der Waals surface area contributed by atoms with Crippen molar-refractivity contribution in [2.75, 3.05) is 6.54 Å². The van der Waals surface area contributed by atoms with Gasteiger partial charge in [-0.15, -0.1) is 33.2 Å². The molecule has 0 radical (unpaired) electrons. The van der Waals surface area contributed by atoms with Gasteiger partial charge in [-0.25, -0.2) is 9.79 Å². The summed E-state index contributed by atoms with van der Waals surface area (Å²) in [4.78, 5) is 13.5. The first-order valence-electron chi connectivity index (χ1n) is 4.64. The Balaban J connectivity index is 2.35. The molecule has 0 spiro atoms. The zero-order valence-corrected chi connectivity index (χ0v) is 10.9. The monoisotopic (exact) mass is 271 g/mol. The summed E-state index contributed by atoms with van der Waals surface area (Å²) in [5, 5.41) is 0. The average Bonchev–Trinajstić information content (AvgIpc) is 2.14. The van der Waals surface area contributed by atoms with Crippen LogP contribution in [0.4, 0.5) is 0 Å². The Kier molecular flexibility index (Phi) is 4.95. The zero-order chi connectivity index (χ0) is 10.6. The van der Waals surface area contributed by atoms with Crippen molar-refractivity contribution in [3.63, 3.8) is 0 Å². The van der Waals surface area contributed by atoms with Crippen LogP contribution < -0.4 is 0 Å². The van der Waals surface area contributed by atoms with E-state index in [0.717, 1.165) is 25.7 Å². The van der Waals surface area contributed by atoms with E-state index < -0.39 is 6.00 Å². The van der Waals surface area contributed by atoms with E-state index in [1.165, 1.54) is 0 Å². The number of nitrogens with zero attached hydrogens (tertiary/aromatic N) is 1. The van der Waals surface area contributed by atoms with Crippen molar-refractivity contribution in [1.82, 2.24) is 0 Å². The van der Waals surface area contributed by atoms with E-state index in [2.05, 4.69) is 4.99 Å². The van der Waals surface area contributed by atoms with Crippen LogP contribution in [0.2, 0.25) is 5.54 Å². The van der Waals surface area contributed by atoms with Crippen molar-refractivity contribution < 1.29 is 4.79 Å². The van der Waals surface area contributed by atoms with Crippen molar-refractivity contribution >= 4 is 45.3 Å². The first-order valence-corrected chi connectivity index (χ1v) is 9.75. The second kappa shape index (κ2) is 5.52. The van der Waals surface area contributed by atoms with E-state index in [1.807, 2.05) is 0 Å². The topological polar surface area (TPSA) is 29.4 Å². The van der Waals surface area contributed by atoms with Crippen LogP contribution in [0.25, 0.3) is 0 Å². The predicted molar refractivity (Wildman–Crippen MR) is 62.0 cm³/mol. The molecule has 2 nitrogen and oxygen atoms in total. The Labute approximate surface area is 98.8 Å². The highest BCUT2D eigenvalue weighted by Gasteiger charge is 2.38. The van der Waals surface area contributed by atoms with E-state index in [4.69, 9.17) is 33.2 Å². The first kappa shape index (κ1) is 12.5. The van der Waals surface area contributed by atoms with Gasteiger partial charge in [-0.2, -0.15) is 0 Å². The van der Waals surface area contributed by atoms with E-state index in [9.17, 15) is 4.79 Å². The van der Waals surface area contributed by atoms with E-state index in [1.54, 1.807) is 6.08 Å². The fourth-order valence-electron chi connectivity index (χ4n) is 1.84. The highest BCUT2D eigenvalue weighted by molar-refractivity contribution is 7.65. The number of rotatable bonds is 3. The molecule has 0 aromatic carbocycles. The van der Waals surface area contributed by atoms with Crippen LogP contribution in [-0.4, -0.2) is 18.6 Å². The fraction of sp³-hybridized carbons (Fsp3) is 0.875. The highest BCUT2D eigenvalue weighted by atomic mass is 35.8. The smallest absolute Gasteiger partial charge is 0.211 e. The summed E-state index contributed by atoms with van der Waals surface area (Å²) in [6.07, 6.45) is 5.50. The molecule has 1 aliphatic carbocycles. The molecule has 14 heavy (non-hydrogen) atoms. The Hall–Kier alpha value is 0.467. The van der Waals surface area contributed by atoms with Gasteiger partial charge in [-0.3, -0.25) is 0 Å². The molecule has 80 valence electrons. The Morgan fingerprint density at radius 3 is 2.21 bits per heavy atom. The SMILES string of the molecule is O=C=NCC1CCC([Si](Cl)(Cl)Cl)CC1. The normalized spacial score (nSPS) is 28.2. The minimum atomic E-state index is -2.51. The number of hydrogen-bond acceptors (Lipinski definition) is 2. The molecule has 0 saturated heterocycles. The zero-order valence-electron chi connectivity index (χ0n) is 7.68. The lowest BCUT2D eigenvalue weighted by Crippen LogP contribution is -2.25. The summed E-state index contributed by atoms with van der Waals surface area (Å²) >= 11 is 17.8. The van der Waals surface area contributed by atoms with Crippen molar-refractivity contribution in [2.24, 2.45) is 10.9 Å². The maximum absolute atomic E-state index is 9.92. The molecule has 1 aliphatic rings. The van der Waals surface area contributed by atoms with E-state index in [0.29, 0.717) is 12.5 Å². The van der Waals surface area contributed by atoms with Crippen LogP contribution in [0.5, 0.6) is 0 Å². The molecule has 6 heteroatoms. The van der Waals surface area contributed by atoms with Crippen LogP contribution in [0.3, 0.4) is 0 Å². The van der Waals surface area contributed by atoms with Gasteiger partial charge in [0.2, 0.25) is 6.08 Å². The van der Waals surface area contributed by atoms with Gasteiger partial charge in [-0.1, -0.05) is 0 Å². The van der Waals surface area contributed by atoms with Crippen LogP contribution in [-0.2, 0) is 4.79 Å². The molecule has 0 atom stereocenters. The lowest BCUT2D eigenvalue weighted by molar-refractivity contribution is 0.365. The van der Waals surface area contributed by atoms with E-state index >= 15 is 0 Å². The Bertz CT molecular complexity index is 229. The molecule has 0 unspecified atom stereocenters. The molecule has 1 saturated carbocycles. The predicted octanol–water partition coefficient (Wildman–Crippen LogP) is 3.54. The van der Waals surface area contributed by atoms with Gasteiger partial charge in [0.15, 0.2) is 0 Å². The van der Waals surface area contributed by atoms with Crippen molar-refractivity contribution in [3.8, 4) is 0 Å². The number of aliphatic imine (C=N–C) groups is 1. The Morgan fingerprint density at radius 1 is 1.21 bits per heavy atom. The molecular formula is C8H12Cl3NOSi. The van der Waals surface area contributed by atoms with Gasteiger partial charge in [0.05, 0.1) is 6.54 Å². The minimum absolute atomic E-state index is 0.281. The van der Waals surface area contributed by atoms with Gasteiger partial charge < -0.3 is 0 Å². The van der Waals surface area contributed by atoms with Gasteiger partial charge in [-0.05, 0) is 37.1 Å². The maximum atomic E-state index is 9.92. The number of hydrogen-bond donors (Lipinski definition) is 0. The molecule has 0 aromatic rings. The first-order chi connectivity index (χ1) is 6.54. The summed E-state index contributed by atoms with van der Waals surface area (Å²) in [5.74, 6) is 0.481. The minimum Gasteiger partial charge on any atom is -0.211 e. The lowest BCUT2D eigenvalue weighted by atomic mass is 9.89. The molecule has 1 rings (SSSR count). The van der Waals surface area contributed by atoms with Crippen LogP contribution >= 0.6 is 33.2 Å². The molecule has 1 fully saturated rings. The third kappa shape index (κ3) is 3.91. The fourth-order valence-corrected chi connectivity index (χ4v) is 4.79. The molecule has 0 bridgehead atoms. The van der Waals surface area contributed by atoms with Crippen LogP contribution in [0.15, 0.2) is 4.99 Å². The van der Waals surface area contributed by atoms with Gasteiger partial charge in [0, 0.05) is 0 Å². The molecule has 0 amide bonds. The number of halogens is 3. The summed E-state index contributed by atoms with van der Waals surface area (Å²) < 4.78 is 0. The van der Waals surface area contributed by atoms with Crippen LogP contribution in [0.1, 0.15) is 25.7 Å². The van der Waals surface area contributed by atoms with Gasteiger partial charge in [0.25, 0.3) is 0 Å². The van der Waals surface area contributed by atoms with Gasteiger partial charge in [0.1, 0.15) is 0 Å². The second-order valence-corrected chi connectivity index (χ2v) is 12.7. The van der Waals surface area contributed by atoms with Crippen molar-refractivity contribution in [2.45, 2.75) is 31.2 Å². The third-order valence-corrected chi connectivity index (χ3v) is 7.00. The van der Waals surface area contributed by atoms with Crippen molar-refractivity contribution in [3.05, 3.63) is 0 Å². The standard InChI is InChI=1S/C8H12Cl3NOSi/c9-14(10,11)8-3-1-7(2-4-8)5-12-6-13/h7-8H,1-5H2. The van der Waals surface area contributed by atoms with Crippen LogP contribution in [0, 0.1) is 5.92 Å². The average molecular weight is 273 g/mol. The Morgan fingerprint density at radius 2 is 1.79 bits per heavy atom. The molecular weight excluding hydrogens is 261 g/mol. The number of carbonyl (C=O) groups excluding carboxylic acids is 1. The lowest BCUT2D eigenvalue weighted by Gasteiger charge is -2.30. The summed E-state index contributed by atoms with van der Waals surface area (Å²) in [6, 6.07) is -2.51. The molecule has 0 aromatic heterocycles. The molecule has 0 heterocycles. The second-order valence-electron chi connectivity index (χ2n) is 3.69.